The average Bonchev–Trinajstić information content (AvgIpc) is 2.68. The van der Waals surface area contributed by atoms with Crippen LogP contribution in [0.25, 0.3) is 0 Å². The van der Waals surface area contributed by atoms with Crippen LogP contribution in [0.2, 0.25) is 0 Å². The number of aryl methyl sites for hydroxylation is 1. The molecule has 7 nitrogen and oxygen atoms in total. The van der Waals surface area contributed by atoms with Crippen LogP contribution in [0.1, 0.15) is 29.8 Å². The van der Waals surface area contributed by atoms with Crippen molar-refractivity contribution in [2.75, 3.05) is 18.2 Å². The summed E-state index contributed by atoms with van der Waals surface area (Å²) >= 11 is 0. The summed E-state index contributed by atoms with van der Waals surface area (Å²) in [4.78, 5) is 24.8. The van der Waals surface area contributed by atoms with E-state index >= 15 is 0 Å². The van der Waals surface area contributed by atoms with Crippen LogP contribution >= 0.6 is 0 Å². The number of hydrogen-bond acceptors (Lipinski definition) is 6. The van der Waals surface area contributed by atoms with Crippen LogP contribution < -0.4 is 10.1 Å². The van der Waals surface area contributed by atoms with Crippen molar-refractivity contribution in [3.8, 4) is 5.75 Å². The summed E-state index contributed by atoms with van der Waals surface area (Å²) in [5, 5.41) is 2.66. The highest BCUT2D eigenvalue weighted by Gasteiger charge is 2.25. The maximum atomic E-state index is 12.5. The molecule has 0 aliphatic heterocycles. The fourth-order valence-electron chi connectivity index (χ4n) is 2.49. The highest BCUT2D eigenvalue weighted by molar-refractivity contribution is 7.91. The van der Waals surface area contributed by atoms with Gasteiger partial charge in [0.1, 0.15) is 5.75 Å². The number of sulfone groups is 1. The first kappa shape index (κ1) is 21.4. The van der Waals surface area contributed by atoms with Gasteiger partial charge in [0.15, 0.2) is 15.9 Å². The SMILES string of the molecule is CCS(=O)(=O)c1ccccc1C(=O)O[C@H](C)C(=O)Nc1cc(C)ccc1OC. The number of amides is 1. The van der Waals surface area contributed by atoms with Gasteiger partial charge in [-0.15, -0.1) is 0 Å². The van der Waals surface area contributed by atoms with Gasteiger partial charge < -0.3 is 14.8 Å². The van der Waals surface area contributed by atoms with Crippen LogP contribution in [-0.2, 0) is 19.4 Å². The van der Waals surface area contributed by atoms with Crippen molar-refractivity contribution in [3.63, 3.8) is 0 Å². The number of rotatable bonds is 7. The van der Waals surface area contributed by atoms with Crippen LogP contribution in [0.3, 0.4) is 0 Å². The third-order valence-corrected chi connectivity index (χ3v) is 5.87. The Morgan fingerprint density at radius 1 is 1.14 bits per heavy atom. The molecule has 2 aromatic carbocycles. The highest BCUT2D eigenvalue weighted by atomic mass is 32.2. The van der Waals surface area contributed by atoms with Crippen molar-refractivity contribution in [1.82, 2.24) is 0 Å². The van der Waals surface area contributed by atoms with E-state index in [1.807, 2.05) is 13.0 Å². The van der Waals surface area contributed by atoms with E-state index < -0.39 is 27.8 Å². The second kappa shape index (κ2) is 8.88. The summed E-state index contributed by atoms with van der Waals surface area (Å²) in [6, 6.07) is 11.1. The molecule has 1 atom stereocenters. The molecular formula is C20H23NO6S. The first-order chi connectivity index (χ1) is 13.2. The molecule has 0 aromatic heterocycles. The zero-order valence-electron chi connectivity index (χ0n) is 16.2. The Bertz CT molecular complexity index is 984. The monoisotopic (exact) mass is 405 g/mol. The Hall–Kier alpha value is -2.87. The Morgan fingerprint density at radius 2 is 1.82 bits per heavy atom. The van der Waals surface area contributed by atoms with Gasteiger partial charge in [-0.2, -0.15) is 0 Å². The minimum atomic E-state index is -3.61. The summed E-state index contributed by atoms with van der Waals surface area (Å²) in [5.74, 6) is -1.13. The van der Waals surface area contributed by atoms with E-state index in [2.05, 4.69) is 5.32 Å². The lowest BCUT2D eigenvalue weighted by molar-refractivity contribution is -0.123. The second-order valence-corrected chi connectivity index (χ2v) is 8.39. The molecule has 1 amide bonds. The van der Waals surface area contributed by atoms with Gasteiger partial charge in [-0.05, 0) is 43.7 Å². The zero-order chi connectivity index (χ0) is 20.9. The molecule has 0 fully saturated rings. The van der Waals surface area contributed by atoms with Crippen LogP contribution in [-0.4, -0.2) is 39.3 Å². The standard InChI is InChI=1S/C20H23NO6S/c1-5-28(24,25)18-9-7-6-8-15(18)20(23)27-14(3)19(22)21-16-12-13(2)10-11-17(16)26-4/h6-12,14H,5H2,1-4H3,(H,21,22)/t14-/m1/s1. The van der Waals surface area contributed by atoms with E-state index in [0.29, 0.717) is 11.4 Å². The van der Waals surface area contributed by atoms with Gasteiger partial charge >= 0.3 is 5.97 Å². The molecule has 0 spiro atoms. The largest absolute Gasteiger partial charge is 0.495 e. The van der Waals surface area contributed by atoms with Crippen molar-refractivity contribution in [1.29, 1.82) is 0 Å². The maximum Gasteiger partial charge on any atom is 0.340 e. The van der Waals surface area contributed by atoms with Crippen LogP contribution in [0.4, 0.5) is 5.69 Å². The van der Waals surface area contributed by atoms with Gasteiger partial charge in [0.25, 0.3) is 5.91 Å². The van der Waals surface area contributed by atoms with E-state index in [1.165, 1.54) is 45.2 Å². The number of nitrogens with one attached hydrogen (secondary N) is 1. The maximum absolute atomic E-state index is 12.5. The molecule has 0 saturated heterocycles. The number of benzene rings is 2. The lowest BCUT2D eigenvalue weighted by atomic mass is 10.2. The normalized spacial score (nSPS) is 12.1. The van der Waals surface area contributed by atoms with Gasteiger partial charge in [-0.1, -0.05) is 25.1 Å². The Kier molecular flexibility index (Phi) is 6.80. The number of carbonyl (C=O) groups excluding carboxylic acids is 2. The number of ether oxygens (including phenoxy) is 2. The predicted molar refractivity (Wildman–Crippen MR) is 105 cm³/mol. The Balaban J connectivity index is 2.18. The summed E-state index contributed by atoms with van der Waals surface area (Å²) in [7, 11) is -2.13. The molecule has 0 aliphatic carbocycles. The van der Waals surface area contributed by atoms with Crippen LogP contribution in [0.15, 0.2) is 47.4 Å². The molecule has 0 radical (unpaired) electrons. The molecule has 2 rings (SSSR count). The number of carbonyl (C=O) groups is 2. The minimum absolute atomic E-state index is 0.0999. The van der Waals surface area contributed by atoms with Gasteiger partial charge in [0, 0.05) is 0 Å². The first-order valence-electron chi connectivity index (χ1n) is 8.68. The molecule has 150 valence electrons. The molecule has 0 saturated carbocycles. The zero-order valence-corrected chi connectivity index (χ0v) is 17.0. The number of methoxy groups -OCH3 is 1. The van der Waals surface area contributed by atoms with E-state index in [4.69, 9.17) is 9.47 Å². The molecule has 28 heavy (non-hydrogen) atoms. The van der Waals surface area contributed by atoms with Gasteiger partial charge in [-0.3, -0.25) is 4.79 Å². The molecule has 0 unspecified atom stereocenters. The smallest absolute Gasteiger partial charge is 0.340 e. The van der Waals surface area contributed by atoms with Crippen molar-refractivity contribution >= 4 is 27.4 Å². The number of anilines is 1. The average molecular weight is 405 g/mol. The van der Waals surface area contributed by atoms with Gasteiger partial charge in [0.2, 0.25) is 0 Å². The fraction of sp³-hybridized carbons (Fsp3) is 0.300. The number of hydrogen-bond donors (Lipinski definition) is 1. The van der Waals surface area contributed by atoms with Crippen LogP contribution in [0.5, 0.6) is 5.75 Å². The van der Waals surface area contributed by atoms with E-state index in [0.717, 1.165) is 5.56 Å². The number of esters is 1. The molecule has 1 N–H and O–H groups in total. The lowest BCUT2D eigenvalue weighted by Crippen LogP contribution is -2.30. The quantitative estimate of drug-likeness (QED) is 0.711. The molecule has 0 heterocycles. The molecule has 0 bridgehead atoms. The van der Waals surface area contributed by atoms with E-state index in [-0.39, 0.29) is 16.2 Å². The van der Waals surface area contributed by atoms with Crippen molar-refractivity contribution in [2.24, 2.45) is 0 Å². The van der Waals surface area contributed by atoms with Gasteiger partial charge in [0.05, 0.1) is 29.0 Å². The Labute approximate surface area is 164 Å². The van der Waals surface area contributed by atoms with Crippen LogP contribution in [0, 0.1) is 6.92 Å². The third-order valence-electron chi connectivity index (χ3n) is 4.09. The predicted octanol–water partition coefficient (Wildman–Crippen LogP) is 2.98. The van der Waals surface area contributed by atoms with Crippen molar-refractivity contribution < 1.29 is 27.5 Å². The summed E-state index contributed by atoms with van der Waals surface area (Å²) in [6.45, 7) is 4.76. The van der Waals surface area contributed by atoms with Gasteiger partial charge in [-0.25, -0.2) is 13.2 Å². The van der Waals surface area contributed by atoms with Crippen molar-refractivity contribution in [2.45, 2.75) is 31.8 Å². The first-order valence-corrected chi connectivity index (χ1v) is 10.3. The molecule has 2 aromatic rings. The van der Waals surface area contributed by atoms with E-state index in [9.17, 15) is 18.0 Å². The summed E-state index contributed by atoms with van der Waals surface area (Å²) < 4.78 is 34.8. The minimum Gasteiger partial charge on any atom is -0.495 e. The second-order valence-electron chi connectivity index (χ2n) is 6.14. The lowest BCUT2D eigenvalue weighted by Gasteiger charge is -2.16. The molecular weight excluding hydrogens is 382 g/mol. The molecule has 8 heteroatoms. The summed E-state index contributed by atoms with van der Waals surface area (Å²) in [5.41, 5.74) is 1.26. The Morgan fingerprint density at radius 3 is 2.46 bits per heavy atom. The highest BCUT2D eigenvalue weighted by Crippen LogP contribution is 2.25. The van der Waals surface area contributed by atoms with Crippen molar-refractivity contribution in [3.05, 3.63) is 53.6 Å². The fourth-order valence-corrected chi connectivity index (χ4v) is 3.58. The summed E-state index contributed by atoms with van der Waals surface area (Å²) in [6.07, 6.45) is -1.14. The topological polar surface area (TPSA) is 98.8 Å². The molecule has 0 aliphatic rings. The van der Waals surface area contributed by atoms with E-state index in [1.54, 1.807) is 12.1 Å². The third kappa shape index (κ3) is 4.89.